The average molecular weight is 571 g/mol. The topological polar surface area (TPSA) is 97.2 Å². The van der Waals surface area contributed by atoms with Crippen LogP contribution in [0, 0.1) is 0 Å². The van der Waals surface area contributed by atoms with Crippen LogP contribution in [0.25, 0.3) is 11.1 Å². The summed E-state index contributed by atoms with van der Waals surface area (Å²) in [6, 6.07) is 13.6. The number of sulfone groups is 1. The summed E-state index contributed by atoms with van der Waals surface area (Å²) in [6.07, 6.45) is 1.11. The van der Waals surface area contributed by atoms with Gasteiger partial charge < -0.3 is 10.1 Å². The van der Waals surface area contributed by atoms with Crippen LogP contribution >= 0.6 is 38.9 Å². The van der Waals surface area contributed by atoms with E-state index in [-0.39, 0.29) is 16.5 Å². The van der Waals surface area contributed by atoms with E-state index in [1.54, 1.807) is 6.92 Å². The third kappa shape index (κ3) is 6.20. The lowest BCUT2D eigenvalue weighted by Crippen LogP contribution is -2.10. The first-order valence-electron chi connectivity index (χ1n) is 9.86. The zero-order valence-corrected chi connectivity index (χ0v) is 21.8. The molecule has 1 aromatic heterocycles. The Bertz CT molecular complexity index is 1280. The molecule has 2 aromatic carbocycles. The molecule has 1 N–H and O–H groups in total. The van der Waals surface area contributed by atoms with Crippen LogP contribution in [0.15, 0.2) is 63.7 Å². The van der Waals surface area contributed by atoms with Gasteiger partial charge in [0.15, 0.2) is 9.84 Å². The monoisotopic (exact) mass is 569 g/mol. The van der Waals surface area contributed by atoms with Crippen LogP contribution in [0.3, 0.4) is 0 Å². The van der Waals surface area contributed by atoms with Crippen molar-refractivity contribution in [3.8, 4) is 11.1 Å². The summed E-state index contributed by atoms with van der Waals surface area (Å²) in [7, 11) is -3.40. The number of benzene rings is 2. The number of esters is 1. The molecule has 7 nitrogen and oxygen atoms in total. The lowest BCUT2D eigenvalue weighted by atomic mass is 10.0. The van der Waals surface area contributed by atoms with E-state index in [1.165, 1.54) is 29.5 Å². The molecule has 33 heavy (non-hydrogen) atoms. The quantitative estimate of drug-likeness (QED) is 0.172. The van der Waals surface area contributed by atoms with Crippen molar-refractivity contribution in [2.75, 3.05) is 30.1 Å². The maximum absolute atomic E-state index is 12.9. The Morgan fingerprint density at radius 1 is 1.18 bits per heavy atom. The van der Waals surface area contributed by atoms with Gasteiger partial charge in [0.1, 0.15) is 21.3 Å². The van der Waals surface area contributed by atoms with Gasteiger partial charge in [0.2, 0.25) is 0 Å². The highest BCUT2D eigenvalue weighted by Crippen LogP contribution is 2.47. The number of nitrogens with one attached hydrogen (secondary N) is 1. The summed E-state index contributed by atoms with van der Waals surface area (Å²) in [5, 5.41) is 13.8. The van der Waals surface area contributed by atoms with Crippen LogP contribution in [0.5, 0.6) is 0 Å². The van der Waals surface area contributed by atoms with Crippen LogP contribution in [-0.4, -0.2) is 39.1 Å². The van der Waals surface area contributed by atoms with E-state index in [4.69, 9.17) is 16.3 Å². The summed E-state index contributed by atoms with van der Waals surface area (Å²) < 4.78 is 28.8. The highest BCUT2D eigenvalue weighted by atomic mass is 79.9. The lowest BCUT2D eigenvalue weighted by molar-refractivity contribution is 0.0529. The highest BCUT2D eigenvalue weighted by molar-refractivity contribution is 9.09. The Balaban J connectivity index is 2.13. The minimum atomic E-state index is -3.40. The molecular formula is C22H21BrClN3O4S2. The molecule has 0 spiro atoms. The number of azo groups is 1. The van der Waals surface area contributed by atoms with Gasteiger partial charge in [-0.3, -0.25) is 0 Å². The molecule has 0 aliphatic carbocycles. The Morgan fingerprint density at radius 3 is 2.52 bits per heavy atom. The average Bonchev–Trinajstić information content (AvgIpc) is 3.15. The second-order valence-electron chi connectivity index (χ2n) is 6.77. The normalized spacial score (nSPS) is 11.6. The molecule has 0 fully saturated rings. The smallest absolute Gasteiger partial charge is 0.341 e. The van der Waals surface area contributed by atoms with Gasteiger partial charge in [-0.25, -0.2) is 13.2 Å². The van der Waals surface area contributed by atoms with E-state index >= 15 is 0 Å². The summed E-state index contributed by atoms with van der Waals surface area (Å²) in [4.78, 5) is 13.0. The summed E-state index contributed by atoms with van der Waals surface area (Å²) in [6.45, 7) is 2.58. The number of carbonyl (C=O) groups excluding carboxylic acids is 1. The summed E-state index contributed by atoms with van der Waals surface area (Å²) in [5.74, 6) is -0.457. The minimum absolute atomic E-state index is 0.0957. The van der Waals surface area contributed by atoms with E-state index in [2.05, 4.69) is 31.5 Å². The molecule has 0 atom stereocenters. The van der Waals surface area contributed by atoms with Gasteiger partial charge in [-0.15, -0.1) is 10.2 Å². The van der Waals surface area contributed by atoms with Crippen molar-refractivity contribution in [1.82, 2.24) is 0 Å². The Hall–Kier alpha value is -2.27. The Labute approximate surface area is 209 Å². The van der Waals surface area contributed by atoms with Crippen molar-refractivity contribution < 1.29 is 17.9 Å². The molecule has 0 bridgehead atoms. The highest BCUT2D eigenvalue weighted by Gasteiger charge is 2.26. The first kappa shape index (κ1) is 25.4. The zero-order valence-electron chi connectivity index (χ0n) is 17.8. The number of hydrogen-bond donors (Lipinski definition) is 1. The van der Waals surface area contributed by atoms with Crippen molar-refractivity contribution in [2.45, 2.75) is 11.8 Å². The fourth-order valence-corrected chi connectivity index (χ4v) is 5.13. The maximum atomic E-state index is 12.9. The molecule has 0 aliphatic heterocycles. The molecule has 1 heterocycles. The van der Waals surface area contributed by atoms with E-state index in [0.717, 1.165) is 11.8 Å². The van der Waals surface area contributed by atoms with Crippen molar-refractivity contribution in [3.05, 3.63) is 59.1 Å². The van der Waals surface area contributed by atoms with Crippen LogP contribution < -0.4 is 5.32 Å². The predicted octanol–water partition coefficient (Wildman–Crippen LogP) is 6.87. The van der Waals surface area contributed by atoms with Crippen molar-refractivity contribution in [3.63, 3.8) is 0 Å². The van der Waals surface area contributed by atoms with Gasteiger partial charge in [0, 0.05) is 23.7 Å². The molecule has 0 saturated heterocycles. The van der Waals surface area contributed by atoms with Crippen molar-refractivity contribution in [1.29, 1.82) is 0 Å². The van der Waals surface area contributed by atoms with Gasteiger partial charge in [-0.2, -0.15) is 0 Å². The maximum Gasteiger partial charge on any atom is 0.341 e. The standard InChI is InChI=1S/C22H21BrClN3O4S2/c1-3-31-22(28)19-18(14-7-5-4-6-8-14)21(32-20(19)25-12-11-23)27-26-17-10-9-15(13-16(17)24)33(2,29)30/h4-10,13,25H,3,11-12H2,1-2H3. The molecule has 0 aliphatic rings. The molecule has 0 amide bonds. The number of hydrogen-bond acceptors (Lipinski definition) is 8. The van der Waals surface area contributed by atoms with E-state index < -0.39 is 15.8 Å². The Morgan fingerprint density at radius 2 is 1.91 bits per heavy atom. The largest absolute Gasteiger partial charge is 0.462 e. The van der Waals surface area contributed by atoms with Gasteiger partial charge in [-0.1, -0.05) is 69.2 Å². The first-order chi connectivity index (χ1) is 15.8. The fraction of sp³-hybridized carbons (Fsp3) is 0.227. The van der Waals surface area contributed by atoms with Gasteiger partial charge in [0.25, 0.3) is 0 Å². The van der Waals surface area contributed by atoms with E-state index in [9.17, 15) is 13.2 Å². The number of anilines is 1. The van der Waals surface area contributed by atoms with Crippen LogP contribution in [0.2, 0.25) is 5.02 Å². The van der Waals surface area contributed by atoms with E-state index in [0.29, 0.717) is 38.7 Å². The second-order valence-corrected chi connectivity index (χ2v) is 11.0. The van der Waals surface area contributed by atoms with E-state index in [1.807, 2.05) is 30.3 Å². The molecule has 11 heteroatoms. The number of thiophene rings is 1. The SMILES string of the molecule is CCOC(=O)c1c(NCCBr)sc(N=Nc2ccc(S(C)(=O)=O)cc2Cl)c1-c1ccccc1. The van der Waals surface area contributed by atoms with Gasteiger partial charge >= 0.3 is 5.97 Å². The second kappa shape index (κ2) is 11.2. The minimum Gasteiger partial charge on any atom is -0.462 e. The molecule has 0 unspecified atom stereocenters. The van der Waals surface area contributed by atoms with Gasteiger partial charge in [0.05, 0.1) is 16.5 Å². The predicted molar refractivity (Wildman–Crippen MR) is 137 cm³/mol. The number of halogens is 2. The van der Waals surface area contributed by atoms with Crippen LogP contribution in [-0.2, 0) is 14.6 Å². The summed E-state index contributed by atoms with van der Waals surface area (Å²) >= 11 is 10.9. The van der Waals surface area contributed by atoms with Crippen molar-refractivity contribution in [2.24, 2.45) is 10.2 Å². The molecule has 0 radical (unpaired) electrons. The number of nitrogens with zero attached hydrogens (tertiary/aromatic N) is 2. The molecule has 3 aromatic rings. The number of ether oxygens (including phenoxy) is 1. The van der Waals surface area contributed by atoms with Crippen LogP contribution in [0.1, 0.15) is 17.3 Å². The van der Waals surface area contributed by atoms with Crippen molar-refractivity contribution >= 4 is 70.4 Å². The number of carbonyl (C=O) groups is 1. The first-order valence-corrected chi connectivity index (χ1v) is 14.1. The molecule has 3 rings (SSSR count). The third-order valence-corrected chi connectivity index (χ3v) is 7.25. The molecule has 174 valence electrons. The number of alkyl halides is 1. The lowest BCUT2D eigenvalue weighted by Gasteiger charge is -2.08. The molecular weight excluding hydrogens is 550 g/mol. The fourth-order valence-electron chi connectivity index (χ4n) is 2.94. The van der Waals surface area contributed by atoms with Crippen LogP contribution in [0.4, 0.5) is 15.7 Å². The summed E-state index contributed by atoms with van der Waals surface area (Å²) in [5.41, 5.74) is 2.09. The number of rotatable bonds is 9. The third-order valence-electron chi connectivity index (χ3n) is 4.41. The Kier molecular flexibility index (Phi) is 8.63. The molecule has 0 saturated carbocycles. The van der Waals surface area contributed by atoms with Gasteiger partial charge in [-0.05, 0) is 30.7 Å². The zero-order chi connectivity index (χ0) is 24.0.